The summed E-state index contributed by atoms with van der Waals surface area (Å²) >= 11 is 0. The Morgan fingerprint density at radius 2 is 1.88 bits per heavy atom. The number of aliphatic hydroxyl groups excluding tert-OH is 1. The Labute approximate surface area is 105 Å². The van der Waals surface area contributed by atoms with Gasteiger partial charge in [0.25, 0.3) is 0 Å². The van der Waals surface area contributed by atoms with E-state index in [2.05, 4.69) is 38.1 Å². The predicted octanol–water partition coefficient (Wildman–Crippen LogP) is 4.42. The summed E-state index contributed by atoms with van der Waals surface area (Å²) in [5, 5.41) is 9.51. The van der Waals surface area contributed by atoms with Crippen LogP contribution in [-0.2, 0) is 0 Å². The van der Waals surface area contributed by atoms with Crippen molar-refractivity contribution in [3.63, 3.8) is 0 Å². The third kappa shape index (κ3) is 3.10. The summed E-state index contributed by atoms with van der Waals surface area (Å²) < 4.78 is 0. The minimum atomic E-state index is -0.355. The average molecular weight is 232 g/mol. The molecule has 17 heavy (non-hydrogen) atoms. The van der Waals surface area contributed by atoms with Crippen molar-refractivity contribution in [2.45, 2.75) is 58.5 Å². The molecule has 1 aliphatic carbocycles. The van der Waals surface area contributed by atoms with Crippen LogP contribution in [0, 0.1) is 5.41 Å². The minimum absolute atomic E-state index is 0.355. The average Bonchev–Trinajstić information content (AvgIpc) is 2.28. The minimum Gasteiger partial charge on any atom is -0.389 e. The Morgan fingerprint density at radius 3 is 2.41 bits per heavy atom. The molecule has 1 aromatic carbocycles. The first kappa shape index (κ1) is 12.6. The van der Waals surface area contributed by atoms with Crippen molar-refractivity contribution in [1.82, 2.24) is 0 Å². The summed E-state index contributed by atoms with van der Waals surface area (Å²) in [5.74, 6) is 0.710. The Balaban J connectivity index is 2.12. The fourth-order valence-corrected chi connectivity index (χ4v) is 3.03. The topological polar surface area (TPSA) is 20.2 Å². The van der Waals surface area contributed by atoms with E-state index >= 15 is 0 Å². The van der Waals surface area contributed by atoms with Crippen molar-refractivity contribution in [2.75, 3.05) is 0 Å². The van der Waals surface area contributed by atoms with Crippen LogP contribution in [0.3, 0.4) is 0 Å². The number of aliphatic hydroxyl groups is 1. The molecule has 2 atom stereocenters. The molecule has 1 saturated carbocycles. The Kier molecular flexibility index (Phi) is 3.58. The Morgan fingerprint density at radius 1 is 1.24 bits per heavy atom. The van der Waals surface area contributed by atoms with Crippen LogP contribution in [0.1, 0.15) is 69.6 Å². The molecule has 2 unspecified atom stereocenters. The molecule has 1 N–H and O–H groups in total. The normalized spacial score (nSPS) is 25.5. The first-order valence-corrected chi connectivity index (χ1v) is 6.76. The van der Waals surface area contributed by atoms with Gasteiger partial charge in [0.2, 0.25) is 0 Å². The van der Waals surface area contributed by atoms with Gasteiger partial charge in [0.15, 0.2) is 0 Å². The van der Waals surface area contributed by atoms with Crippen LogP contribution < -0.4 is 0 Å². The van der Waals surface area contributed by atoms with E-state index in [9.17, 15) is 5.11 Å². The highest BCUT2D eigenvalue weighted by Crippen LogP contribution is 2.43. The monoisotopic (exact) mass is 232 g/mol. The fourth-order valence-electron chi connectivity index (χ4n) is 3.03. The second kappa shape index (κ2) is 4.81. The van der Waals surface area contributed by atoms with Gasteiger partial charge in [0.05, 0.1) is 6.10 Å². The predicted molar refractivity (Wildman–Crippen MR) is 72.1 cm³/mol. The molecule has 0 spiro atoms. The first-order chi connectivity index (χ1) is 7.98. The molecule has 1 fully saturated rings. The maximum atomic E-state index is 9.51. The molecule has 1 nitrogen and oxygen atoms in total. The highest BCUT2D eigenvalue weighted by molar-refractivity contribution is 5.27. The highest BCUT2D eigenvalue weighted by atomic mass is 16.3. The molecule has 0 saturated heterocycles. The van der Waals surface area contributed by atoms with E-state index in [-0.39, 0.29) is 6.10 Å². The van der Waals surface area contributed by atoms with Crippen LogP contribution in [-0.4, -0.2) is 5.11 Å². The van der Waals surface area contributed by atoms with E-state index in [0.717, 1.165) is 5.56 Å². The molecule has 0 bridgehead atoms. The zero-order valence-electron chi connectivity index (χ0n) is 11.2. The third-order valence-electron chi connectivity index (χ3n) is 4.10. The van der Waals surface area contributed by atoms with Crippen LogP contribution in [0.15, 0.2) is 24.3 Å². The van der Waals surface area contributed by atoms with Gasteiger partial charge in [0, 0.05) is 0 Å². The number of hydrogen-bond acceptors (Lipinski definition) is 1. The van der Waals surface area contributed by atoms with Gasteiger partial charge in [0.1, 0.15) is 0 Å². The van der Waals surface area contributed by atoms with E-state index in [1.165, 1.54) is 31.2 Å². The lowest BCUT2D eigenvalue weighted by Gasteiger charge is -2.35. The molecule has 94 valence electrons. The third-order valence-corrected chi connectivity index (χ3v) is 4.10. The molecule has 0 radical (unpaired) electrons. The van der Waals surface area contributed by atoms with Crippen molar-refractivity contribution in [2.24, 2.45) is 5.41 Å². The maximum absolute atomic E-state index is 9.51. The quantitative estimate of drug-likeness (QED) is 0.800. The SMILES string of the molecule is CC(O)c1ccc(C2CCCC(C)(C)C2)cc1. The van der Waals surface area contributed by atoms with Crippen molar-refractivity contribution < 1.29 is 5.11 Å². The maximum Gasteiger partial charge on any atom is 0.0761 e. The van der Waals surface area contributed by atoms with E-state index in [1.54, 1.807) is 0 Å². The molecule has 1 heteroatoms. The second-order valence-electron chi connectivity index (χ2n) is 6.30. The van der Waals surface area contributed by atoms with Crippen LogP contribution >= 0.6 is 0 Å². The van der Waals surface area contributed by atoms with Gasteiger partial charge in [-0.25, -0.2) is 0 Å². The lowest BCUT2D eigenvalue weighted by Crippen LogP contribution is -2.21. The standard InChI is InChI=1S/C16H24O/c1-12(17)13-6-8-14(9-7-13)15-5-4-10-16(2,3)11-15/h6-9,12,15,17H,4-5,10-11H2,1-3H3. The second-order valence-corrected chi connectivity index (χ2v) is 6.30. The highest BCUT2D eigenvalue weighted by Gasteiger charge is 2.28. The van der Waals surface area contributed by atoms with E-state index < -0.39 is 0 Å². The molecular formula is C16H24O. The summed E-state index contributed by atoms with van der Waals surface area (Å²) in [6, 6.07) is 8.55. The molecule has 0 amide bonds. The van der Waals surface area contributed by atoms with Gasteiger partial charge in [-0.1, -0.05) is 44.5 Å². The molecule has 1 aromatic rings. The van der Waals surface area contributed by atoms with Crippen molar-refractivity contribution in [3.8, 4) is 0 Å². The Bertz CT molecular complexity index is 362. The van der Waals surface area contributed by atoms with Crippen molar-refractivity contribution in [1.29, 1.82) is 0 Å². The first-order valence-electron chi connectivity index (χ1n) is 6.76. The molecule has 0 aromatic heterocycles. The summed E-state index contributed by atoms with van der Waals surface area (Å²) in [6.07, 6.45) is 4.95. The summed E-state index contributed by atoms with van der Waals surface area (Å²) in [6.45, 7) is 6.57. The van der Waals surface area contributed by atoms with Gasteiger partial charge in [-0.3, -0.25) is 0 Å². The van der Waals surface area contributed by atoms with Gasteiger partial charge >= 0.3 is 0 Å². The molecule has 0 heterocycles. The lowest BCUT2D eigenvalue weighted by atomic mass is 9.70. The molecule has 2 rings (SSSR count). The largest absolute Gasteiger partial charge is 0.389 e. The Hall–Kier alpha value is -0.820. The van der Waals surface area contributed by atoms with Crippen LogP contribution in [0.4, 0.5) is 0 Å². The zero-order valence-corrected chi connectivity index (χ0v) is 11.2. The summed E-state index contributed by atoms with van der Waals surface area (Å²) in [7, 11) is 0. The number of benzene rings is 1. The van der Waals surface area contributed by atoms with E-state index in [4.69, 9.17) is 0 Å². The van der Waals surface area contributed by atoms with E-state index in [0.29, 0.717) is 11.3 Å². The van der Waals surface area contributed by atoms with Gasteiger partial charge < -0.3 is 5.11 Å². The fraction of sp³-hybridized carbons (Fsp3) is 0.625. The number of rotatable bonds is 2. The number of hydrogen-bond donors (Lipinski definition) is 1. The summed E-state index contributed by atoms with van der Waals surface area (Å²) in [5.41, 5.74) is 2.96. The smallest absolute Gasteiger partial charge is 0.0761 e. The summed E-state index contributed by atoms with van der Waals surface area (Å²) in [4.78, 5) is 0. The van der Waals surface area contributed by atoms with E-state index in [1.807, 2.05) is 6.92 Å². The molecular weight excluding hydrogens is 208 g/mol. The van der Waals surface area contributed by atoms with Gasteiger partial charge in [-0.05, 0) is 48.6 Å². The van der Waals surface area contributed by atoms with Crippen molar-refractivity contribution in [3.05, 3.63) is 35.4 Å². The molecule has 1 aliphatic rings. The van der Waals surface area contributed by atoms with Crippen LogP contribution in [0.5, 0.6) is 0 Å². The zero-order chi connectivity index (χ0) is 12.5. The van der Waals surface area contributed by atoms with Gasteiger partial charge in [-0.15, -0.1) is 0 Å². The van der Waals surface area contributed by atoms with Gasteiger partial charge in [-0.2, -0.15) is 0 Å². The van der Waals surface area contributed by atoms with Crippen LogP contribution in [0.25, 0.3) is 0 Å². The van der Waals surface area contributed by atoms with Crippen LogP contribution in [0.2, 0.25) is 0 Å². The lowest BCUT2D eigenvalue weighted by molar-refractivity contribution is 0.199. The molecule has 0 aliphatic heterocycles. The van der Waals surface area contributed by atoms with Crippen molar-refractivity contribution >= 4 is 0 Å².